The molecule has 4 aromatic rings. The fourth-order valence-corrected chi connectivity index (χ4v) is 2.70. The first kappa shape index (κ1) is 15.1. The Kier molecular flexibility index (Phi) is 3.96. The van der Waals surface area contributed by atoms with Gasteiger partial charge < -0.3 is 5.32 Å². The first-order valence-corrected chi connectivity index (χ1v) is 7.95. The minimum Gasteiger partial charge on any atom is -0.381 e. The molecule has 0 aliphatic rings. The fourth-order valence-electron chi connectivity index (χ4n) is 2.70. The van der Waals surface area contributed by atoms with E-state index in [2.05, 4.69) is 50.8 Å². The van der Waals surface area contributed by atoms with E-state index < -0.39 is 0 Å². The quantitative estimate of drug-likeness (QED) is 0.609. The lowest BCUT2D eigenvalue weighted by Crippen LogP contribution is -2.03. The van der Waals surface area contributed by atoms with Crippen molar-refractivity contribution in [2.45, 2.75) is 13.5 Å². The molecule has 0 radical (unpaired) electrons. The Labute approximate surface area is 145 Å². The van der Waals surface area contributed by atoms with Gasteiger partial charge in [0.2, 0.25) is 0 Å². The highest BCUT2D eigenvalue weighted by Crippen LogP contribution is 2.17. The largest absolute Gasteiger partial charge is 0.381 e. The average Bonchev–Trinajstić information content (AvgIpc) is 3.34. The number of nitrogens with zero attached hydrogens (tertiary/aromatic N) is 6. The van der Waals surface area contributed by atoms with Gasteiger partial charge in [-0.25, -0.2) is 14.3 Å². The molecule has 0 saturated carbocycles. The third-order valence-electron chi connectivity index (χ3n) is 3.98. The summed E-state index contributed by atoms with van der Waals surface area (Å²) in [7, 11) is 0. The van der Waals surface area contributed by atoms with Gasteiger partial charge in [0.05, 0.1) is 23.8 Å². The van der Waals surface area contributed by atoms with E-state index in [1.165, 1.54) is 11.9 Å². The molecule has 0 spiro atoms. The normalized spacial score (nSPS) is 10.8. The molecule has 0 unspecified atom stereocenters. The Hall–Kier alpha value is -3.48. The van der Waals surface area contributed by atoms with Crippen LogP contribution in [0.3, 0.4) is 0 Å². The summed E-state index contributed by atoms with van der Waals surface area (Å²) in [4.78, 5) is 3.99. The Morgan fingerprint density at radius 3 is 2.60 bits per heavy atom. The monoisotopic (exact) mass is 331 g/mol. The molecule has 124 valence electrons. The Morgan fingerprint density at radius 2 is 1.92 bits per heavy atom. The molecule has 0 saturated heterocycles. The highest BCUT2D eigenvalue weighted by atomic mass is 15.4. The molecule has 0 amide bonds. The molecule has 0 aliphatic carbocycles. The van der Waals surface area contributed by atoms with Crippen molar-refractivity contribution in [1.82, 2.24) is 29.8 Å². The first-order valence-electron chi connectivity index (χ1n) is 7.95. The summed E-state index contributed by atoms with van der Waals surface area (Å²) in [5.41, 5.74) is 5.45. The van der Waals surface area contributed by atoms with Crippen molar-refractivity contribution in [1.29, 1.82) is 0 Å². The molecule has 0 atom stereocenters. The SMILES string of the molecule is Cc1cc(CNc2ccc(-n3ccnn3)cc2)ccc1-n1cncn1. The topological polar surface area (TPSA) is 73.5 Å². The van der Waals surface area contributed by atoms with E-state index in [0.29, 0.717) is 0 Å². The zero-order valence-electron chi connectivity index (χ0n) is 13.7. The van der Waals surface area contributed by atoms with E-state index in [1.807, 2.05) is 30.5 Å². The Balaban J connectivity index is 1.44. The number of nitrogens with one attached hydrogen (secondary N) is 1. The van der Waals surface area contributed by atoms with Gasteiger partial charge in [0.25, 0.3) is 0 Å². The van der Waals surface area contributed by atoms with Gasteiger partial charge in [-0.3, -0.25) is 0 Å². The summed E-state index contributed by atoms with van der Waals surface area (Å²) in [5, 5.41) is 15.4. The van der Waals surface area contributed by atoms with Crippen LogP contribution in [0, 0.1) is 6.92 Å². The molecule has 0 fully saturated rings. The maximum absolute atomic E-state index is 4.18. The highest BCUT2D eigenvalue weighted by molar-refractivity contribution is 5.49. The van der Waals surface area contributed by atoms with Crippen LogP contribution in [0.4, 0.5) is 5.69 Å². The summed E-state index contributed by atoms with van der Waals surface area (Å²) in [6.07, 6.45) is 6.73. The molecule has 0 bridgehead atoms. The average molecular weight is 331 g/mol. The molecular formula is C18H17N7. The van der Waals surface area contributed by atoms with Gasteiger partial charge in [-0.05, 0) is 48.4 Å². The molecule has 0 aliphatic heterocycles. The van der Waals surface area contributed by atoms with Crippen molar-refractivity contribution >= 4 is 5.69 Å². The van der Waals surface area contributed by atoms with Crippen LogP contribution >= 0.6 is 0 Å². The minimum atomic E-state index is 0.751. The zero-order chi connectivity index (χ0) is 17.1. The number of hydrogen-bond acceptors (Lipinski definition) is 5. The minimum absolute atomic E-state index is 0.751. The smallest absolute Gasteiger partial charge is 0.138 e. The van der Waals surface area contributed by atoms with Crippen molar-refractivity contribution in [3.05, 3.63) is 78.6 Å². The second-order valence-corrected chi connectivity index (χ2v) is 5.71. The van der Waals surface area contributed by atoms with Crippen LogP contribution in [0.25, 0.3) is 11.4 Å². The Bertz CT molecular complexity index is 942. The van der Waals surface area contributed by atoms with Crippen molar-refractivity contribution in [3.8, 4) is 11.4 Å². The van der Waals surface area contributed by atoms with Gasteiger partial charge >= 0.3 is 0 Å². The molecule has 7 heteroatoms. The molecular weight excluding hydrogens is 314 g/mol. The number of aryl methyl sites for hydroxylation is 1. The van der Waals surface area contributed by atoms with Gasteiger partial charge in [0, 0.05) is 12.2 Å². The predicted octanol–water partition coefficient (Wildman–Crippen LogP) is 2.77. The number of benzene rings is 2. The second-order valence-electron chi connectivity index (χ2n) is 5.71. The van der Waals surface area contributed by atoms with Crippen LogP contribution in [-0.2, 0) is 6.54 Å². The van der Waals surface area contributed by atoms with Crippen molar-refractivity contribution in [2.75, 3.05) is 5.32 Å². The van der Waals surface area contributed by atoms with Crippen LogP contribution in [0.15, 0.2) is 67.5 Å². The van der Waals surface area contributed by atoms with E-state index in [4.69, 9.17) is 0 Å². The lowest BCUT2D eigenvalue weighted by molar-refractivity contribution is 0.803. The van der Waals surface area contributed by atoms with Gasteiger partial charge in [0.1, 0.15) is 12.7 Å². The lowest BCUT2D eigenvalue weighted by atomic mass is 10.1. The standard InChI is InChI=1S/C18H17N7/c1-14-10-15(2-7-18(14)25-13-19-12-22-25)11-20-16-3-5-17(6-4-16)24-9-8-21-23-24/h2-10,12-13,20H,11H2,1H3. The van der Waals surface area contributed by atoms with Crippen LogP contribution in [0.2, 0.25) is 0 Å². The number of anilines is 1. The summed E-state index contributed by atoms with van der Waals surface area (Å²) < 4.78 is 3.51. The number of rotatable bonds is 5. The molecule has 2 aromatic carbocycles. The van der Waals surface area contributed by atoms with Crippen molar-refractivity contribution in [3.63, 3.8) is 0 Å². The molecule has 2 heterocycles. The fraction of sp³-hybridized carbons (Fsp3) is 0.111. The summed E-state index contributed by atoms with van der Waals surface area (Å²) in [6.45, 7) is 2.83. The third kappa shape index (κ3) is 3.25. The summed E-state index contributed by atoms with van der Waals surface area (Å²) in [5.74, 6) is 0. The maximum Gasteiger partial charge on any atom is 0.138 e. The van der Waals surface area contributed by atoms with Gasteiger partial charge in [-0.1, -0.05) is 17.3 Å². The van der Waals surface area contributed by atoms with Crippen molar-refractivity contribution < 1.29 is 0 Å². The molecule has 1 N–H and O–H groups in total. The lowest BCUT2D eigenvalue weighted by Gasteiger charge is -2.10. The number of hydrogen-bond donors (Lipinski definition) is 1. The van der Waals surface area contributed by atoms with Crippen LogP contribution in [0.5, 0.6) is 0 Å². The van der Waals surface area contributed by atoms with E-state index in [1.54, 1.807) is 21.9 Å². The zero-order valence-corrected chi connectivity index (χ0v) is 13.7. The maximum atomic E-state index is 4.18. The van der Waals surface area contributed by atoms with E-state index >= 15 is 0 Å². The third-order valence-corrected chi connectivity index (χ3v) is 3.98. The van der Waals surface area contributed by atoms with E-state index in [9.17, 15) is 0 Å². The molecule has 25 heavy (non-hydrogen) atoms. The van der Waals surface area contributed by atoms with Gasteiger partial charge in [-0.15, -0.1) is 5.10 Å². The van der Waals surface area contributed by atoms with Crippen molar-refractivity contribution in [2.24, 2.45) is 0 Å². The van der Waals surface area contributed by atoms with Crippen LogP contribution in [-0.4, -0.2) is 29.8 Å². The predicted molar refractivity (Wildman–Crippen MR) is 94.8 cm³/mol. The summed E-state index contributed by atoms with van der Waals surface area (Å²) >= 11 is 0. The second kappa shape index (κ2) is 6.56. The van der Waals surface area contributed by atoms with Crippen LogP contribution in [0.1, 0.15) is 11.1 Å². The molecule has 4 rings (SSSR count). The number of aromatic nitrogens is 6. The van der Waals surface area contributed by atoms with Gasteiger partial charge in [0.15, 0.2) is 0 Å². The van der Waals surface area contributed by atoms with E-state index in [0.717, 1.165) is 29.2 Å². The Morgan fingerprint density at radius 1 is 1.04 bits per heavy atom. The first-order chi connectivity index (χ1) is 12.3. The van der Waals surface area contributed by atoms with E-state index in [-0.39, 0.29) is 0 Å². The highest BCUT2D eigenvalue weighted by Gasteiger charge is 2.03. The van der Waals surface area contributed by atoms with Crippen LogP contribution < -0.4 is 5.32 Å². The van der Waals surface area contributed by atoms with Gasteiger partial charge in [-0.2, -0.15) is 5.10 Å². The molecule has 2 aromatic heterocycles. The summed E-state index contributed by atoms with van der Waals surface area (Å²) in [6, 6.07) is 14.4. The molecule has 7 nitrogen and oxygen atoms in total.